The molecule has 0 saturated heterocycles. The van der Waals surface area contributed by atoms with Gasteiger partial charge in [0.2, 0.25) is 0 Å². The van der Waals surface area contributed by atoms with E-state index in [0.717, 1.165) is 43.8 Å². The van der Waals surface area contributed by atoms with E-state index in [1.54, 1.807) is 24.3 Å². The van der Waals surface area contributed by atoms with E-state index in [0.29, 0.717) is 11.4 Å². The molecule has 0 radical (unpaired) electrons. The maximum atomic E-state index is 13.0. The summed E-state index contributed by atoms with van der Waals surface area (Å²) in [5.74, 6) is -0.914. The molecule has 0 aliphatic carbocycles. The van der Waals surface area contributed by atoms with E-state index in [1.807, 2.05) is 98.8 Å². The van der Waals surface area contributed by atoms with Crippen LogP contribution in [0.15, 0.2) is 109 Å². The Balaban J connectivity index is 1.19. The number of fused-ring (bicyclic) bond motifs is 2. The van der Waals surface area contributed by atoms with E-state index in [-0.39, 0.29) is 34.4 Å². The van der Waals surface area contributed by atoms with Crippen LogP contribution in [0.5, 0.6) is 11.5 Å². The summed E-state index contributed by atoms with van der Waals surface area (Å²) in [7, 11) is 0. The molecule has 2 amide bonds. The Morgan fingerprint density at radius 3 is 1.21 bits per heavy atom. The molecule has 0 atom stereocenters. The maximum Gasteiger partial charge on any atom is 0.259 e. The van der Waals surface area contributed by atoms with Gasteiger partial charge in [-0.05, 0) is 106 Å². The van der Waals surface area contributed by atoms with Crippen molar-refractivity contribution in [1.82, 2.24) is 0 Å². The summed E-state index contributed by atoms with van der Waals surface area (Å²) in [6, 6.07) is 33.2. The SMILES string of the molecule is Cc1cc(-c2ccc(NC(=O)c3cc4ccccc4cc3O)c(C)c2)ccc1NC(=O)c1cc2ccccc2cc1O. The van der Waals surface area contributed by atoms with Crippen molar-refractivity contribution in [2.75, 3.05) is 10.6 Å². The van der Waals surface area contributed by atoms with Crippen molar-refractivity contribution in [3.8, 4) is 22.6 Å². The van der Waals surface area contributed by atoms with Crippen LogP contribution in [0.4, 0.5) is 11.4 Å². The Morgan fingerprint density at radius 1 is 0.500 bits per heavy atom. The molecule has 0 unspecified atom stereocenters. The number of phenolic OH excluding ortho intramolecular Hbond substituents is 2. The Labute approximate surface area is 242 Å². The monoisotopic (exact) mass is 552 g/mol. The second kappa shape index (κ2) is 10.7. The van der Waals surface area contributed by atoms with E-state index >= 15 is 0 Å². The van der Waals surface area contributed by atoms with Gasteiger partial charge in [-0.1, -0.05) is 60.7 Å². The minimum atomic E-state index is -0.387. The molecule has 4 N–H and O–H groups in total. The van der Waals surface area contributed by atoms with Gasteiger partial charge >= 0.3 is 0 Å². The molecule has 6 aromatic carbocycles. The van der Waals surface area contributed by atoms with Crippen LogP contribution in [0, 0.1) is 13.8 Å². The molecule has 6 rings (SSSR count). The van der Waals surface area contributed by atoms with E-state index in [9.17, 15) is 19.8 Å². The van der Waals surface area contributed by atoms with E-state index in [4.69, 9.17) is 0 Å². The molecule has 0 spiro atoms. The van der Waals surface area contributed by atoms with Crippen molar-refractivity contribution in [2.24, 2.45) is 0 Å². The molecule has 6 aromatic rings. The number of carbonyl (C=O) groups is 2. The van der Waals surface area contributed by atoms with E-state index in [2.05, 4.69) is 10.6 Å². The summed E-state index contributed by atoms with van der Waals surface area (Å²) in [5, 5.41) is 30.2. The number of hydrogen-bond acceptors (Lipinski definition) is 4. The van der Waals surface area contributed by atoms with Crippen molar-refractivity contribution < 1.29 is 19.8 Å². The molecule has 206 valence electrons. The number of amides is 2. The third kappa shape index (κ3) is 5.13. The minimum Gasteiger partial charge on any atom is -0.507 e. The smallest absolute Gasteiger partial charge is 0.259 e. The fourth-order valence-electron chi connectivity index (χ4n) is 5.17. The summed E-state index contributed by atoms with van der Waals surface area (Å²) in [5.41, 5.74) is 5.34. The normalized spacial score (nSPS) is 11.0. The van der Waals surface area contributed by atoms with Crippen molar-refractivity contribution in [3.05, 3.63) is 131 Å². The van der Waals surface area contributed by atoms with Gasteiger partial charge in [0.25, 0.3) is 11.8 Å². The minimum absolute atomic E-state index is 0.0704. The number of hydrogen-bond donors (Lipinski definition) is 4. The molecule has 0 bridgehead atoms. The lowest BCUT2D eigenvalue weighted by molar-refractivity contribution is 0.101. The van der Waals surface area contributed by atoms with Gasteiger partial charge in [0.1, 0.15) is 11.5 Å². The molecule has 42 heavy (non-hydrogen) atoms. The molecular formula is C36H28N2O4. The van der Waals surface area contributed by atoms with Crippen molar-refractivity contribution in [3.63, 3.8) is 0 Å². The Hall–Kier alpha value is -5.62. The molecule has 0 aliphatic rings. The highest BCUT2D eigenvalue weighted by Crippen LogP contribution is 2.31. The lowest BCUT2D eigenvalue weighted by Crippen LogP contribution is -2.13. The molecule has 0 aliphatic heterocycles. The number of nitrogens with one attached hydrogen (secondary N) is 2. The first-order valence-corrected chi connectivity index (χ1v) is 13.5. The Bertz CT molecular complexity index is 1880. The highest BCUT2D eigenvalue weighted by atomic mass is 16.3. The number of anilines is 2. The first kappa shape index (κ1) is 26.6. The van der Waals surface area contributed by atoms with Crippen molar-refractivity contribution in [1.29, 1.82) is 0 Å². The summed E-state index contributed by atoms with van der Waals surface area (Å²) < 4.78 is 0. The van der Waals surface area contributed by atoms with E-state index in [1.165, 1.54) is 0 Å². The average molecular weight is 553 g/mol. The zero-order valence-corrected chi connectivity index (χ0v) is 23.1. The topological polar surface area (TPSA) is 98.7 Å². The van der Waals surface area contributed by atoms with Gasteiger partial charge < -0.3 is 20.8 Å². The van der Waals surface area contributed by atoms with Crippen LogP contribution in [-0.4, -0.2) is 22.0 Å². The number of aryl methyl sites for hydroxylation is 2. The fourth-order valence-corrected chi connectivity index (χ4v) is 5.17. The summed E-state index contributed by atoms with van der Waals surface area (Å²) >= 11 is 0. The van der Waals surface area contributed by atoms with Gasteiger partial charge in [0, 0.05) is 11.4 Å². The molecule has 6 nitrogen and oxygen atoms in total. The second-order valence-corrected chi connectivity index (χ2v) is 10.4. The van der Waals surface area contributed by atoms with Crippen molar-refractivity contribution in [2.45, 2.75) is 13.8 Å². The van der Waals surface area contributed by atoms with Crippen LogP contribution >= 0.6 is 0 Å². The molecule has 0 fully saturated rings. The third-order valence-electron chi connectivity index (χ3n) is 7.50. The standard InChI is InChI=1S/C36H28N2O4/c1-21-15-27(11-13-31(21)37-35(41)29-17-23-7-3-5-9-25(23)19-33(29)39)28-12-14-32(22(2)16-28)38-36(42)30-18-24-8-4-6-10-26(24)20-34(30)40/h3-20,39-40H,1-2H3,(H,37,41)(H,38,42). The zero-order chi connectivity index (χ0) is 29.4. The quantitative estimate of drug-likeness (QED) is 0.173. The van der Waals surface area contributed by atoms with Gasteiger partial charge in [-0.25, -0.2) is 0 Å². The molecule has 0 aromatic heterocycles. The molecule has 6 heteroatoms. The first-order valence-electron chi connectivity index (χ1n) is 13.5. The maximum absolute atomic E-state index is 13.0. The lowest BCUT2D eigenvalue weighted by Gasteiger charge is -2.14. The summed E-state index contributed by atoms with van der Waals surface area (Å²) in [6.45, 7) is 3.83. The average Bonchev–Trinajstić information content (AvgIpc) is 2.98. The molecular weight excluding hydrogens is 524 g/mol. The Kier molecular flexibility index (Phi) is 6.80. The number of aromatic hydroxyl groups is 2. The largest absolute Gasteiger partial charge is 0.507 e. The van der Waals surface area contributed by atoms with Crippen LogP contribution in [0.25, 0.3) is 32.7 Å². The number of benzene rings is 6. The van der Waals surface area contributed by atoms with Crippen LogP contribution in [-0.2, 0) is 0 Å². The predicted molar refractivity (Wildman–Crippen MR) is 168 cm³/mol. The highest BCUT2D eigenvalue weighted by molar-refractivity contribution is 6.10. The second-order valence-electron chi connectivity index (χ2n) is 10.4. The van der Waals surface area contributed by atoms with E-state index < -0.39 is 0 Å². The Morgan fingerprint density at radius 2 is 0.857 bits per heavy atom. The highest BCUT2D eigenvalue weighted by Gasteiger charge is 2.16. The number of rotatable bonds is 5. The van der Waals surface area contributed by atoms with Crippen LogP contribution in [0.3, 0.4) is 0 Å². The van der Waals surface area contributed by atoms with Gasteiger partial charge in [-0.15, -0.1) is 0 Å². The number of carbonyl (C=O) groups excluding carboxylic acids is 2. The van der Waals surface area contributed by atoms with Gasteiger partial charge in [0.15, 0.2) is 0 Å². The lowest BCUT2D eigenvalue weighted by atomic mass is 9.99. The van der Waals surface area contributed by atoms with Gasteiger partial charge in [-0.2, -0.15) is 0 Å². The molecule has 0 heterocycles. The zero-order valence-electron chi connectivity index (χ0n) is 23.1. The summed E-state index contributed by atoms with van der Waals surface area (Å²) in [4.78, 5) is 26.0. The van der Waals surface area contributed by atoms with Crippen LogP contribution in [0.2, 0.25) is 0 Å². The van der Waals surface area contributed by atoms with Gasteiger partial charge in [0.05, 0.1) is 11.1 Å². The summed E-state index contributed by atoms with van der Waals surface area (Å²) in [6.07, 6.45) is 0. The van der Waals surface area contributed by atoms with Crippen LogP contribution in [0.1, 0.15) is 31.8 Å². The molecule has 0 saturated carbocycles. The van der Waals surface area contributed by atoms with Crippen molar-refractivity contribution >= 4 is 44.7 Å². The third-order valence-corrected chi connectivity index (χ3v) is 7.50. The van der Waals surface area contributed by atoms with Gasteiger partial charge in [-0.3, -0.25) is 9.59 Å². The number of phenols is 2. The fraction of sp³-hybridized carbons (Fsp3) is 0.0556. The van der Waals surface area contributed by atoms with Crippen LogP contribution < -0.4 is 10.6 Å². The first-order chi connectivity index (χ1) is 20.3. The predicted octanol–water partition coefficient (Wildman–Crippen LogP) is 8.19.